The van der Waals surface area contributed by atoms with Crippen molar-refractivity contribution < 1.29 is 13.2 Å². The van der Waals surface area contributed by atoms with Gasteiger partial charge in [-0.2, -0.15) is 0 Å². The van der Waals surface area contributed by atoms with Gasteiger partial charge in [0, 0.05) is 25.4 Å². The van der Waals surface area contributed by atoms with Gasteiger partial charge in [-0.1, -0.05) is 0 Å². The van der Waals surface area contributed by atoms with Crippen LogP contribution in [0.4, 0.5) is 0 Å². The fraction of sp³-hybridized carbons (Fsp3) is 0.500. The number of ether oxygens (including phenoxy) is 1. The van der Waals surface area contributed by atoms with E-state index in [1.165, 1.54) is 18.3 Å². The Morgan fingerprint density at radius 3 is 2.65 bits per heavy atom. The number of aromatic nitrogens is 1. The lowest BCUT2D eigenvalue weighted by Crippen LogP contribution is -2.47. The summed E-state index contributed by atoms with van der Waals surface area (Å²) in [6, 6.07) is 2.39. The van der Waals surface area contributed by atoms with Crippen LogP contribution in [0, 0.1) is 0 Å². The van der Waals surface area contributed by atoms with Crippen LogP contribution in [0.1, 0.15) is 12.8 Å². The quantitative estimate of drug-likeness (QED) is 0.785. The minimum atomic E-state index is -3.54. The van der Waals surface area contributed by atoms with Crippen molar-refractivity contribution in [1.82, 2.24) is 9.71 Å². The lowest BCUT2D eigenvalue weighted by molar-refractivity contribution is 0.0236. The summed E-state index contributed by atoms with van der Waals surface area (Å²) in [5, 5.41) is 0. The molecular formula is C10H14N2O4S. The second-order valence-corrected chi connectivity index (χ2v) is 5.75. The van der Waals surface area contributed by atoms with Crippen molar-refractivity contribution in [3.63, 3.8) is 0 Å². The fourth-order valence-corrected chi connectivity index (χ4v) is 2.93. The van der Waals surface area contributed by atoms with Gasteiger partial charge in [0.25, 0.3) is 0 Å². The van der Waals surface area contributed by atoms with Crippen LogP contribution in [-0.4, -0.2) is 32.7 Å². The Hall–Kier alpha value is -1.18. The standard InChI is InChI=1S/C10H14N2O4S/c1-16-8-4-7(5-8)12-17(14,15)9-2-3-10(13)11-6-9/h2-3,6-8,12H,4-5H2,1H3,(H,11,13). The predicted molar refractivity (Wildman–Crippen MR) is 61.2 cm³/mol. The molecule has 1 fully saturated rings. The van der Waals surface area contributed by atoms with Crippen LogP contribution in [-0.2, 0) is 14.8 Å². The number of H-pyrrole nitrogens is 1. The summed E-state index contributed by atoms with van der Waals surface area (Å²) in [5.74, 6) is 0. The zero-order valence-corrected chi connectivity index (χ0v) is 10.2. The van der Waals surface area contributed by atoms with Gasteiger partial charge in [0.15, 0.2) is 0 Å². The van der Waals surface area contributed by atoms with Crippen molar-refractivity contribution in [2.45, 2.75) is 29.9 Å². The molecule has 6 nitrogen and oxygen atoms in total. The molecule has 0 bridgehead atoms. The van der Waals surface area contributed by atoms with E-state index >= 15 is 0 Å². The van der Waals surface area contributed by atoms with Crippen molar-refractivity contribution >= 4 is 10.0 Å². The van der Waals surface area contributed by atoms with E-state index in [2.05, 4.69) is 9.71 Å². The van der Waals surface area contributed by atoms with Gasteiger partial charge >= 0.3 is 0 Å². The Labute approximate surface area is 99.1 Å². The van der Waals surface area contributed by atoms with Crippen molar-refractivity contribution in [2.75, 3.05) is 7.11 Å². The van der Waals surface area contributed by atoms with Gasteiger partial charge < -0.3 is 9.72 Å². The molecule has 0 atom stereocenters. The summed E-state index contributed by atoms with van der Waals surface area (Å²) in [6.45, 7) is 0. The molecule has 1 aromatic rings. The van der Waals surface area contributed by atoms with E-state index < -0.39 is 10.0 Å². The molecule has 0 spiro atoms. The molecule has 1 aliphatic carbocycles. The molecule has 2 N–H and O–H groups in total. The molecule has 0 radical (unpaired) electrons. The molecule has 2 rings (SSSR count). The molecular weight excluding hydrogens is 244 g/mol. The second kappa shape index (κ2) is 4.59. The summed E-state index contributed by atoms with van der Waals surface area (Å²) in [7, 11) is -1.94. The number of hydrogen-bond acceptors (Lipinski definition) is 4. The highest BCUT2D eigenvalue weighted by Gasteiger charge is 2.32. The summed E-state index contributed by atoms with van der Waals surface area (Å²) in [6.07, 6.45) is 2.69. The molecule has 94 valence electrons. The third-order valence-electron chi connectivity index (χ3n) is 2.82. The monoisotopic (exact) mass is 258 g/mol. The Morgan fingerprint density at radius 1 is 1.41 bits per heavy atom. The molecule has 0 unspecified atom stereocenters. The number of pyridine rings is 1. The van der Waals surface area contributed by atoms with E-state index in [1.54, 1.807) is 7.11 Å². The lowest BCUT2D eigenvalue weighted by Gasteiger charge is -2.34. The molecule has 17 heavy (non-hydrogen) atoms. The fourth-order valence-electron chi connectivity index (χ4n) is 1.71. The summed E-state index contributed by atoms with van der Waals surface area (Å²) in [4.78, 5) is 13.2. The van der Waals surface area contributed by atoms with Gasteiger partial charge in [0.05, 0.1) is 11.0 Å². The van der Waals surface area contributed by atoms with Crippen LogP contribution >= 0.6 is 0 Å². The molecule has 1 aliphatic rings. The SMILES string of the molecule is COC1CC(NS(=O)(=O)c2ccc(=O)[nH]c2)C1. The summed E-state index contributed by atoms with van der Waals surface area (Å²) >= 11 is 0. The molecule has 0 aromatic carbocycles. The number of sulfonamides is 1. The van der Waals surface area contributed by atoms with Crippen LogP contribution < -0.4 is 10.3 Å². The number of nitrogens with one attached hydrogen (secondary N) is 2. The van der Waals surface area contributed by atoms with E-state index in [9.17, 15) is 13.2 Å². The smallest absolute Gasteiger partial charge is 0.247 e. The van der Waals surface area contributed by atoms with Crippen molar-refractivity contribution in [3.05, 3.63) is 28.7 Å². The number of methoxy groups -OCH3 is 1. The minimum Gasteiger partial charge on any atom is -0.381 e. The number of aromatic amines is 1. The zero-order chi connectivity index (χ0) is 12.5. The number of hydrogen-bond donors (Lipinski definition) is 2. The molecule has 1 heterocycles. The lowest BCUT2D eigenvalue weighted by atomic mass is 9.90. The van der Waals surface area contributed by atoms with E-state index in [0.29, 0.717) is 12.8 Å². The summed E-state index contributed by atoms with van der Waals surface area (Å²) in [5.41, 5.74) is -0.327. The van der Waals surface area contributed by atoms with E-state index in [0.717, 1.165) is 0 Å². The highest BCUT2D eigenvalue weighted by molar-refractivity contribution is 7.89. The van der Waals surface area contributed by atoms with Crippen LogP contribution in [0.15, 0.2) is 28.0 Å². The minimum absolute atomic E-state index is 0.0676. The Morgan fingerprint density at radius 2 is 2.12 bits per heavy atom. The molecule has 1 aromatic heterocycles. The average Bonchev–Trinajstić information content (AvgIpc) is 2.23. The Balaban J connectivity index is 2.05. The van der Waals surface area contributed by atoms with Crippen LogP contribution in [0.25, 0.3) is 0 Å². The van der Waals surface area contributed by atoms with E-state index in [-0.39, 0.29) is 22.6 Å². The van der Waals surface area contributed by atoms with Crippen LogP contribution in [0.3, 0.4) is 0 Å². The van der Waals surface area contributed by atoms with Gasteiger partial charge in [0.1, 0.15) is 0 Å². The first-order valence-corrected chi connectivity index (χ1v) is 6.73. The van der Waals surface area contributed by atoms with E-state index in [1.807, 2.05) is 0 Å². The molecule has 0 aliphatic heterocycles. The first-order chi connectivity index (χ1) is 8.01. The third kappa shape index (κ3) is 2.74. The summed E-state index contributed by atoms with van der Waals surface area (Å²) < 4.78 is 31.4. The van der Waals surface area contributed by atoms with Crippen molar-refractivity contribution in [3.8, 4) is 0 Å². The van der Waals surface area contributed by atoms with Gasteiger partial charge in [-0.15, -0.1) is 0 Å². The van der Waals surface area contributed by atoms with Crippen LogP contribution in [0.2, 0.25) is 0 Å². The number of rotatable bonds is 4. The molecule has 0 amide bonds. The van der Waals surface area contributed by atoms with Gasteiger partial charge in [-0.3, -0.25) is 4.79 Å². The molecule has 0 saturated heterocycles. The van der Waals surface area contributed by atoms with E-state index in [4.69, 9.17) is 4.74 Å². The van der Waals surface area contributed by atoms with Crippen LogP contribution in [0.5, 0.6) is 0 Å². The normalized spacial score (nSPS) is 24.3. The molecule has 1 saturated carbocycles. The maximum absolute atomic E-state index is 11.9. The second-order valence-electron chi connectivity index (χ2n) is 4.04. The largest absolute Gasteiger partial charge is 0.381 e. The Bertz CT molecular complexity index is 525. The van der Waals surface area contributed by atoms with Gasteiger partial charge in [0.2, 0.25) is 15.6 Å². The van der Waals surface area contributed by atoms with Gasteiger partial charge in [-0.25, -0.2) is 13.1 Å². The zero-order valence-electron chi connectivity index (χ0n) is 9.34. The highest BCUT2D eigenvalue weighted by Crippen LogP contribution is 2.24. The first kappa shape index (κ1) is 12.3. The van der Waals surface area contributed by atoms with Crippen molar-refractivity contribution in [2.24, 2.45) is 0 Å². The predicted octanol–water partition coefficient (Wildman–Crippen LogP) is -0.169. The average molecular weight is 258 g/mol. The van der Waals surface area contributed by atoms with Crippen molar-refractivity contribution in [1.29, 1.82) is 0 Å². The maximum Gasteiger partial charge on any atom is 0.247 e. The molecule has 7 heteroatoms. The first-order valence-electron chi connectivity index (χ1n) is 5.25. The Kier molecular flexibility index (Phi) is 3.32. The topological polar surface area (TPSA) is 88.3 Å². The van der Waals surface area contributed by atoms with Gasteiger partial charge in [-0.05, 0) is 18.9 Å². The maximum atomic E-state index is 11.9. The third-order valence-corrected chi connectivity index (χ3v) is 4.33. The highest BCUT2D eigenvalue weighted by atomic mass is 32.2.